The predicted octanol–water partition coefficient (Wildman–Crippen LogP) is 3.90. The second-order valence-electron chi connectivity index (χ2n) is 9.81. The summed E-state index contributed by atoms with van der Waals surface area (Å²) in [6.45, 7) is 3.93. The fraction of sp³-hybridized carbons (Fsp3) is 0.250. The van der Waals surface area contributed by atoms with Gasteiger partial charge in [0.15, 0.2) is 5.78 Å². The molecule has 0 radical (unpaired) electrons. The number of allylic oxidation sites excluding steroid dienone is 1. The van der Waals surface area contributed by atoms with E-state index in [2.05, 4.69) is 12.0 Å². The van der Waals surface area contributed by atoms with Crippen LogP contribution in [0.4, 0.5) is 15.8 Å². The second-order valence-corrected chi connectivity index (χ2v) is 9.81. The molecule has 2 aromatic carbocycles. The summed E-state index contributed by atoms with van der Waals surface area (Å²) in [4.78, 5) is 31.2. The average Bonchev–Trinajstić information content (AvgIpc) is 3.03. The lowest BCUT2D eigenvalue weighted by Crippen LogP contribution is -2.53. The Hall–Kier alpha value is -4.36. The second kappa shape index (κ2) is 7.58. The van der Waals surface area contributed by atoms with Crippen LogP contribution in [0.2, 0.25) is 0 Å². The number of Topliss-reactive ketones (excluding diaryl/α,β-unsaturated/α-hetero) is 1. The minimum absolute atomic E-state index is 0.0137. The molecule has 2 aliphatic heterocycles. The summed E-state index contributed by atoms with van der Waals surface area (Å²) in [7, 11) is 0. The SMILES string of the molecule is C#CCN1C(=O)C2(C(C#N)=C(N)N(c3ccc(F)cc3)C3=C2C(=O)CC(C)(C)C3)c2ccccc21. The van der Waals surface area contributed by atoms with Crippen LogP contribution in [0.5, 0.6) is 0 Å². The predicted molar refractivity (Wildman–Crippen MR) is 130 cm³/mol. The zero-order valence-corrected chi connectivity index (χ0v) is 19.4. The van der Waals surface area contributed by atoms with Crippen LogP contribution >= 0.6 is 0 Å². The Kier molecular flexibility index (Phi) is 4.86. The maximum atomic E-state index is 14.2. The van der Waals surface area contributed by atoms with Gasteiger partial charge in [-0.15, -0.1) is 6.42 Å². The first-order valence-corrected chi connectivity index (χ1v) is 11.2. The molecule has 2 heterocycles. The van der Waals surface area contributed by atoms with E-state index < -0.39 is 22.6 Å². The number of fused-ring (bicyclic) bond motifs is 3. The van der Waals surface area contributed by atoms with Crippen LogP contribution in [-0.2, 0) is 15.0 Å². The largest absolute Gasteiger partial charge is 0.384 e. The standard InChI is InChI=1S/C28H23FN4O2/c1-4-13-32-21-8-6-5-7-19(21)28(26(32)35)20(16-30)25(31)33(18-11-9-17(29)10-12-18)22-14-27(2,3)15-23(34)24(22)28/h1,5-12H,13-15,31H2,2-3H3. The van der Waals surface area contributed by atoms with Gasteiger partial charge in [0.2, 0.25) is 5.91 Å². The van der Waals surface area contributed by atoms with Gasteiger partial charge in [0.05, 0.1) is 12.1 Å². The summed E-state index contributed by atoms with van der Waals surface area (Å²) in [6, 6.07) is 14.9. The molecule has 7 heteroatoms. The van der Waals surface area contributed by atoms with Crippen molar-refractivity contribution in [1.29, 1.82) is 5.26 Å². The van der Waals surface area contributed by atoms with Gasteiger partial charge in [0.1, 0.15) is 23.1 Å². The lowest BCUT2D eigenvalue weighted by atomic mass is 9.60. The van der Waals surface area contributed by atoms with Crippen LogP contribution in [0, 0.1) is 34.9 Å². The number of ketones is 1. The van der Waals surface area contributed by atoms with Gasteiger partial charge in [0.25, 0.3) is 0 Å². The molecule has 0 saturated carbocycles. The summed E-state index contributed by atoms with van der Waals surface area (Å²) in [5.74, 6) is 1.43. The Bertz CT molecular complexity index is 1440. The molecule has 0 aromatic heterocycles. The van der Waals surface area contributed by atoms with Crippen LogP contribution in [0.25, 0.3) is 0 Å². The van der Waals surface area contributed by atoms with Crippen molar-refractivity contribution in [3.05, 3.63) is 82.6 Å². The zero-order chi connectivity index (χ0) is 25.1. The van der Waals surface area contributed by atoms with Crippen molar-refractivity contribution >= 4 is 23.1 Å². The Balaban J connectivity index is 1.90. The monoisotopic (exact) mass is 466 g/mol. The van der Waals surface area contributed by atoms with Gasteiger partial charge in [-0.1, -0.05) is 38.0 Å². The number of terminal acetylenes is 1. The molecule has 5 rings (SSSR count). The van der Waals surface area contributed by atoms with E-state index in [0.29, 0.717) is 29.1 Å². The van der Waals surface area contributed by atoms with E-state index in [0.717, 1.165) is 0 Å². The van der Waals surface area contributed by atoms with Crippen molar-refractivity contribution in [2.24, 2.45) is 11.1 Å². The quantitative estimate of drug-likeness (QED) is 0.678. The summed E-state index contributed by atoms with van der Waals surface area (Å²) < 4.78 is 13.7. The number of amides is 1. The smallest absolute Gasteiger partial charge is 0.248 e. The highest BCUT2D eigenvalue weighted by atomic mass is 19.1. The van der Waals surface area contributed by atoms with Crippen molar-refractivity contribution in [3.63, 3.8) is 0 Å². The van der Waals surface area contributed by atoms with E-state index in [-0.39, 0.29) is 35.7 Å². The molecule has 1 aliphatic carbocycles. The minimum Gasteiger partial charge on any atom is -0.384 e. The number of nitriles is 1. The first kappa shape index (κ1) is 22.4. The number of para-hydroxylation sites is 1. The lowest BCUT2D eigenvalue weighted by Gasteiger charge is -2.47. The number of rotatable bonds is 2. The minimum atomic E-state index is -1.69. The number of nitrogens with zero attached hydrogens (tertiary/aromatic N) is 3. The third kappa shape index (κ3) is 2.95. The third-order valence-corrected chi connectivity index (χ3v) is 6.98. The molecular weight excluding hydrogens is 443 g/mol. The molecule has 0 saturated heterocycles. The first-order valence-electron chi connectivity index (χ1n) is 11.2. The van der Waals surface area contributed by atoms with E-state index >= 15 is 0 Å². The fourth-order valence-electron chi connectivity index (χ4n) is 5.69. The van der Waals surface area contributed by atoms with E-state index in [1.54, 1.807) is 41.3 Å². The van der Waals surface area contributed by atoms with Crippen LogP contribution in [0.3, 0.4) is 0 Å². The van der Waals surface area contributed by atoms with Gasteiger partial charge < -0.3 is 5.73 Å². The Morgan fingerprint density at radius 1 is 1.11 bits per heavy atom. The molecule has 1 spiro atoms. The van der Waals surface area contributed by atoms with Gasteiger partial charge in [-0.25, -0.2) is 4.39 Å². The van der Waals surface area contributed by atoms with Crippen LogP contribution < -0.4 is 15.5 Å². The Labute approximate surface area is 203 Å². The van der Waals surface area contributed by atoms with Crippen molar-refractivity contribution in [2.75, 3.05) is 16.3 Å². The number of anilines is 2. The Morgan fingerprint density at radius 3 is 2.46 bits per heavy atom. The molecule has 2 aromatic rings. The molecule has 2 N–H and O–H groups in total. The topological polar surface area (TPSA) is 90.4 Å². The lowest BCUT2D eigenvalue weighted by molar-refractivity contribution is -0.125. The molecule has 1 unspecified atom stereocenters. The van der Waals surface area contributed by atoms with E-state index in [9.17, 15) is 19.2 Å². The van der Waals surface area contributed by atoms with Crippen molar-refractivity contribution in [1.82, 2.24) is 0 Å². The number of carbonyl (C=O) groups excluding carboxylic acids is 2. The fourth-order valence-corrected chi connectivity index (χ4v) is 5.69. The maximum absolute atomic E-state index is 14.2. The molecule has 0 bridgehead atoms. The summed E-state index contributed by atoms with van der Waals surface area (Å²) in [6.07, 6.45) is 6.21. The van der Waals surface area contributed by atoms with Gasteiger partial charge in [0, 0.05) is 34.6 Å². The number of carbonyl (C=O) groups is 2. The van der Waals surface area contributed by atoms with E-state index in [1.807, 2.05) is 13.8 Å². The molecular formula is C28H23FN4O2. The molecule has 1 atom stereocenters. The molecule has 174 valence electrons. The molecule has 35 heavy (non-hydrogen) atoms. The molecule has 6 nitrogen and oxygen atoms in total. The maximum Gasteiger partial charge on any atom is 0.248 e. The van der Waals surface area contributed by atoms with Crippen molar-refractivity contribution in [2.45, 2.75) is 32.1 Å². The van der Waals surface area contributed by atoms with Crippen molar-refractivity contribution < 1.29 is 14.0 Å². The zero-order valence-electron chi connectivity index (χ0n) is 19.4. The normalized spacial score (nSPS) is 22.8. The third-order valence-electron chi connectivity index (χ3n) is 6.98. The van der Waals surface area contributed by atoms with Crippen LogP contribution in [-0.4, -0.2) is 18.2 Å². The van der Waals surface area contributed by atoms with Gasteiger partial charge in [-0.2, -0.15) is 5.26 Å². The van der Waals surface area contributed by atoms with Gasteiger partial charge >= 0.3 is 0 Å². The van der Waals surface area contributed by atoms with Gasteiger partial charge in [-0.05, 0) is 42.2 Å². The highest BCUT2D eigenvalue weighted by Gasteiger charge is 2.63. The average molecular weight is 467 g/mol. The van der Waals surface area contributed by atoms with Crippen LogP contribution in [0.15, 0.2) is 71.2 Å². The number of nitrogens with two attached hydrogens (primary N) is 1. The van der Waals surface area contributed by atoms with E-state index in [4.69, 9.17) is 12.2 Å². The Morgan fingerprint density at radius 2 is 1.80 bits per heavy atom. The number of hydrogen-bond donors (Lipinski definition) is 1. The summed E-state index contributed by atoms with van der Waals surface area (Å²) in [5.41, 5.74) is 6.88. The molecule has 1 amide bonds. The molecule has 0 fully saturated rings. The van der Waals surface area contributed by atoms with Crippen LogP contribution in [0.1, 0.15) is 32.3 Å². The molecule has 3 aliphatic rings. The summed E-state index contributed by atoms with van der Waals surface area (Å²) >= 11 is 0. The highest BCUT2D eigenvalue weighted by molar-refractivity contribution is 6.21. The highest BCUT2D eigenvalue weighted by Crippen LogP contribution is 2.58. The van der Waals surface area contributed by atoms with Crippen molar-refractivity contribution in [3.8, 4) is 18.4 Å². The number of benzene rings is 2. The number of hydrogen-bond acceptors (Lipinski definition) is 5. The summed E-state index contributed by atoms with van der Waals surface area (Å²) in [5, 5.41) is 10.4. The number of halogens is 1. The van der Waals surface area contributed by atoms with Gasteiger partial charge in [-0.3, -0.25) is 19.4 Å². The van der Waals surface area contributed by atoms with E-state index in [1.165, 1.54) is 17.0 Å². The first-order chi connectivity index (χ1) is 16.7.